The number of halogens is 1. The number of allylic oxidation sites excluding steroid dienone is 1. The van der Waals surface area contributed by atoms with E-state index < -0.39 is 0 Å². The van der Waals surface area contributed by atoms with Crippen molar-refractivity contribution in [1.82, 2.24) is 0 Å². The van der Waals surface area contributed by atoms with Crippen molar-refractivity contribution in [2.45, 2.75) is 33.8 Å². The highest BCUT2D eigenvalue weighted by Crippen LogP contribution is 2.59. The molecule has 2 atom stereocenters. The first-order valence-electron chi connectivity index (χ1n) is 5.35. The molecule has 0 aromatic heterocycles. The van der Waals surface area contributed by atoms with Gasteiger partial charge in [0.1, 0.15) is 0 Å². The second-order valence-corrected chi connectivity index (χ2v) is 5.35. The largest absolute Gasteiger partial charge is 0.460 e. The summed E-state index contributed by atoms with van der Waals surface area (Å²) in [5, 5.41) is -0.336. The minimum atomic E-state index is -0.376. The average Bonchev–Trinajstić information content (AvgIpc) is 2.63. The molecular weight excluding hydrogens is 228 g/mol. The van der Waals surface area contributed by atoms with Crippen LogP contribution in [0.1, 0.15) is 27.7 Å². The van der Waals surface area contributed by atoms with Crippen LogP contribution in [0.15, 0.2) is 12.2 Å². The van der Waals surface area contributed by atoms with Gasteiger partial charge in [0.15, 0.2) is 0 Å². The summed E-state index contributed by atoms with van der Waals surface area (Å²) < 4.78 is 4.95. The highest BCUT2D eigenvalue weighted by atomic mass is 35.5. The maximum Gasteiger partial charge on any atom is 0.330 e. The van der Waals surface area contributed by atoms with E-state index in [1.165, 1.54) is 6.08 Å². The van der Waals surface area contributed by atoms with E-state index >= 15 is 0 Å². The molecule has 1 rings (SSSR count). The van der Waals surface area contributed by atoms with Gasteiger partial charge in [-0.25, -0.2) is 4.79 Å². The van der Waals surface area contributed by atoms with Crippen molar-refractivity contribution in [2.75, 3.05) is 0 Å². The summed E-state index contributed by atoms with van der Waals surface area (Å²) in [5.41, 5.74) is -0.145. The quantitative estimate of drug-likeness (QED) is 0.434. The molecule has 3 nitrogen and oxygen atoms in total. The lowest BCUT2D eigenvalue weighted by molar-refractivity contribution is -0.141. The van der Waals surface area contributed by atoms with E-state index in [1.807, 2.05) is 13.8 Å². The van der Waals surface area contributed by atoms with E-state index in [4.69, 9.17) is 16.3 Å². The average molecular weight is 245 g/mol. The molecule has 2 unspecified atom stereocenters. The zero-order chi connectivity index (χ0) is 12.5. The lowest BCUT2D eigenvalue weighted by atomic mass is 10.1. The Morgan fingerprint density at radius 1 is 1.38 bits per heavy atom. The molecule has 1 aliphatic rings. The number of hydrogen-bond acceptors (Lipinski definition) is 3. The molecule has 0 bridgehead atoms. The maximum absolute atomic E-state index is 11.2. The third-order valence-electron chi connectivity index (χ3n) is 2.95. The molecule has 1 fully saturated rings. The van der Waals surface area contributed by atoms with Crippen molar-refractivity contribution < 1.29 is 14.3 Å². The second kappa shape index (κ2) is 4.58. The van der Waals surface area contributed by atoms with Crippen molar-refractivity contribution >= 4 is 22.8 Å². The van der Waals surface area contributed by atoms with Gasteiger partial charge in [0, 0.05) is 12.0 Å². The Labute approximate surface area is 101 Å². The first-order chi connectivity index (χ1) is 7.26. The van der Waals surface area contributed by atoms with Gasteiger partial charge in [-0.1, -0.05) is 19.9 Å². The number of hydrogen-bond donors (Lipinski definition) is 0. The summed E-state index contributed by atoms with van der Waals surface area (Å²) in [6.45, 7) is 7.50. The number of carbonyl (C=O) groups is 2. The van der Waals surface area contributed by atoms with E-state index in [-0.39, 0.29) is 34.6 Å². The minimum Gasteiger partial charge on any atom is -0.460 e. The molecule has 0 aromatic carbocycles. The van der Waals surface area contributed by atoms with Crippen molar-refractivity contribution in [1.29, 1.82) is 0 Å². The van der Waals surface area contributed by atoms with Crippen LogP contribution >= 0.6 is 11.6 Å². The SMILES string of the molecule is CC(C)OC(=O)C=CC1C(C(=O)Cl)C1(C)C. The number of esters is 1. The highest BCUT2D eigenvalue weighted by Gasteiger charge is 2.59. The first-order valence-corrected chi connectivity index (χ1v) is 5.72. The number of rotatable bonds is 4. The summed E-state index contributed by atoms with van der Waals surface area (Å²) in [4.78, 5) is 22.3. The second-order valence-electron chi connectivity index (χ2n) is 4.97. The number of ether oxygens (including phenoxy) is 1. The normalized spacial score (nSPS) is 27.1. The predicted octanol–water partition coefficient (Wildman–Crippen LogP) is 2.53. The Morgan fingerprint density at radius 2 is 1.94 bits per heavy atom. The van der Waals surface area contributed by atoms with E-state index in [2.05, 4.69) is 0 Å². The Morgan fingerprint density at radius 3 is 2.31 bits per heavy atom. The molecule has 1 saturated carbocycles. The van der Waals surface area contributed by atoms with Crippen LogP contribution < -0.4 is 0 Å². The van der Waals surface area contributed by atoms with Gasteiger partial charge >= 0.3 is 5.97 Å². The van der Waals surface area contributed by atoms with Gasteiger partial charge in [-0.3, -0.25) is 4.79 Å². The molecule has 0 amide bonds. The van der Waals surface area contributed by atoms with Crippen LogP contribution in [-0.4, -0.2) is 17.3 Å². The summed E-state index contributed by atoms with van der Waals surface area (Å²) in [6, 6.07) is 0. The van der Waals surface area contributed by atoms with E-state index in [9.17, 15) is 9.59 Å². The molecule has 0 spiro atoms. The lowest BCUT2D eigenvalue weighted by Gasteiger charge is -2.03. The zero-order valence-corrected chi connectivity index (χ0v) is 10.7. The van der Waals surface area contributed by atoms with Gasteiger partial charge in [0.25, 0.3) is 0 Å². The van der Waals surface area contributed by atoms with Crippen LogP contribution in [0.2, 0.25) is 0 Å². The molecule has 4 heteroatoms. The Bertz CT molecular complexity index is 331. The summed E-state index contributed by atoms with van der Waals surface area (Å²) in [6.07, 6.45) is 2.97. The Balaban J connectivity index is 2.54. The summed E-state index contributed by atoms with van der Waals surface area (Å²) in [7, 11) is 0. The highest BCUT2D eigenvalue weighted by molar-refractivity contribution is 6.64. The molecule has 0 N–H and O–H groups in total. The molecule has 16 heavy (non-hydrogen) atoms. The van der Waals surface area contributed by atoms with Gasteiger partial charge in [-0.2, -0.15) is 0 Å². The molecule has 90 valence electrons. The molecular formula is C12H17ClO3. The van der Waals surface area contributed by atoms with Crippen LogP contribution in [0.25, 0.3) is 0 Å². The standard InChI is InChI=1S/C12H17ClO3/c1-7(2)16-9(14)6-5-8-10(11(13)15)12(8,3)4/h5-8,10H,1-4H3. The third-order valence-corrected chi connectivity index (χ3v) is 3.18. The van der Waals surface area contributed by atoms with Crippen LogP contribution in [0.3, 0.4) is 0 Å². The van der Waals surface area contributed by atoms with Crippen LogP contribution in [0.5, 0.6) is 0 Å². The van der Waals surface area contributed by atoms with Crippen molar-refractivity contribution in [3.8, 4) is 0 Å². The third kappa shape index (κ3) is 2.85. The topological polar surface area (TPSA) is 43.4 Å². The Hall–Kier alpha value is -0.830. The summed E-state index contributed by atoms with van der Waals surface area (Å²) in [5.74, 6) is -0.520. The van der Waals surface area contributed by atoms with Crippen molar-refractivity contribution in [3.63, 3.8) is 0 Å². The molecule has 0 aromatic rings. The monoisotopic (exact) mass is 244 g/mol. The van der Waals surface area contributed by atoms with Crippen LogP contribution in [0, 0.1) is 17.3 Å². The fourth-order valence-electron chi connectivity index (χ4n) is 1.92. The molecule has 0 saturated heterocycles. The van der Waals surface area contributed by atoms with Crippen LogP contribution in [0.4, 0.5) is 0 Å². The van der Waals surface area contributed by atoms with Crippen molar-refractivity contribution in [3.05, 3.63) is 12.2 Å². The lowest BCUT2D eigenvalue weighted by Crippen LogP contribution is -2.08. The minimum absolute atomic E-state index is 0.0391. The van der Waals surface area contributed by atoms with Gasteiger partial charge in [0.2, 0.25) is 5.24 Å². The fraction of sp³-hybridized carbons (Fsp3) is 0.667. The first kappa shape index (κ1) is 13.2. The van der Waals surface area contributed by atoms with Gasteiger partial charge in [0.05, 0.1) is 6.10 Å². The smallest absolute Gasteiger partial charge is 0.330 e. The van der Waals surface area contributed by atoms with Gasteiger partial charge in [-0.05, 0) is 36.8 Å². The number of carbonyl (C=O) groups excluding carboxylic acids is 2. The summed E-state index contributed by atoms with van der Waals surface area (Å²) >= 11 is 5.47. The fourth-order valence-corrected chi connectivity index (χ4v) is 2.34. The predicted molar refractivity (Wildman–Crippen MR) is 62.0 cm³/mol. The van der Waals surface area contributed by atoms with Gasteiger partial charge in [-0.15, -0.1) is 0 Å². The van der Waals surface area contributed by atoms with Gasteiger partial charge < -0.3 is 4.74 Å². The van der Waals surface area contributed by atoms with Crippen molar-refractivity contribution in [2.24, 2.45) is 17.3 Å². The van der Waals surface area contributed by atoms with Crippen LogP contribution in [-0.2, 0) is 14.3 Å². The molecule has 0 radical (unpaired) electrons. The molecule has 0 heterocycles. The van der Waals surface area contributed by atoms with E-state index in [0.717, 1.165) is 0 Å². The maximum atomic E-state index is 11.2. The van der Waals surface area contributed by atoms with E-state index in [1.54, 1.807) is 19.9 Å². The molecule has 1 aliphatic carbocycles. The zero-order valence-electron chi connectivity index (χ0n) is 9.99. The molecule has 0 aliphatic heterocycles. The van der Waals surface area contributed by atoms with E-state index in [0.29, 0.717) is 0 Å². The Kier molecular flexibility index (Phi) is 3.79.